The molecule has 0 saturated heterocycles. The smallest absolute Gasteiger partial charge is 0.410 e. The molecule has 0 radical (unpaired) electrons. The van der Waals surface area contributed by atoms with Crippen LogP contribution in [0, 0.1) is 0 Å². The summed E-state index contributed by atoms with van der Waals surface area (Å²) >= 11 is 4.89. The zero-order chi connectivity index (χ0) is 12.0. The van der Waals surface area contributed by atoms with Crippen LogP contribution in [0.2, 0.25) is 0 Å². The van der Waals surface area contributed by atoms with Crippen LogP contribution in [0.3, 0.4) is 0 Å². The summed E-state index contributed by atoms with van der Waals surface area (Å²) in [7, 11) is 0. The molecular formula is C10H8ClNO4. The first kappa shape index (κ1) is 12.2. The molecule has 1 amide bonds. The number of benzene rings is 1. The molecule has 0 aliphatic heterocycles. The molecule has 1 rings (SSSR count). The van der Waals surface area contributed by atoms with E-state index in [0.717, 1.165) is 0 Å². The maximum atomic E-state index is 11.1. The summed E-state index contributed by atoms with van der Waals surface area (Å²) in [4.78, 5) is 32.2. The largest absolute Gasteiger partial charge is 0.412 e. The quantitative estimate of drug-likeness (QED) is 0.633. The Morgan fingerprint density at radius 2 is 1.81 bits per heavy atom. The van der Waals surface area contributed by atoms with Crippen LogP contribution in [0.15, 0.2) is 30.3 Å². The van der Waals surface area contributed by atoms with E-state index in [1.807, 2.05) is 0 Å². The van der Waals surface area contributed by atoms with Crippen molar-refractivity contribution in [3.05, 3.63) is 30.3 Å². The minimum atomic E-state index is -1.12. The highest BCUT2D eigenvalue weighted by molar-refractivity contribution is 6.81. The van der Waals surface area contributed by atoms with E-state index in [4.69, 9.17) is 16.3 Å². The molecule has 6 heteroatoms. The Morgan fingerprint density at radius 3 is 2.38 bits per heavy atom. The molecule has 0 aromatic heterocycles. The topological polar surface area (TPSA) is 72.5 Å². The molecule has 0 saturated carbocycles. The van der Waals surface area contributed by atoms with Crippen molar-refractivity contribution in [1.29, 1.82) is 0 Å². The van der Waals surface area contributed by atoms with Crippen molar-refractivity contribution in [2.45, 2.75) is 0 Å². The lowest BCUT2D eigenvalue weighted by molar-refractivity contribution is -0.131. The van der Waals surface area contributed by atoms with Crippen molar-refractivity contribution in [1.82, 2.24) is 5.32 Å². The Hall–Kier alpha value is -1.88. The van der Waals surface area contributed by atoms with Crippen molar-refractivity contribution in [3.63, 3.8) is 0 Å². The summed E-state index contributed by atoms with van der Waals surface area (Å²) < 4.78 is 4.79. The van der Waals surface area contributed by atoms with E-state index >= 15 is 0 Å². The van der Waals surface area contributed by atoms with Crippen LogP contribution in [0.1, 0.15) is 0 Å². The molecule has 0 unspecified atom stereocenters. The van der Waals surface area contributed by atoms with Crippen molar-refractivity contribution in [2.75, 3.05) is 6.54 Å². The Bertz CT molecular complexity index is 405. The predicted octanol–water partition coefficient (Wildman–Crippen LogP) is 1.11. The number of para-hydroxylation sites is 1. The van der Waals surface area contributed by atoms with Crippen LogP contribution < -0.4 is 10.1 Å². The third-order valence-electron chi connectivity index (χ3n) is 1.57. The van der Waals surface area contributed by atoms with Gasteiger partial charge in [0.2, 0.25) is 5.78 Å². The van der Waals surface area contributed by atoms with Crippen molar-refractivity contribution >= 4 is 28.7 Å². The molecular weight excluding hydrogens is 234 g/mol. The Morgan fingerprint density at radius 1 is 1.19 bits per heavy atom. The molecule has 0 aliphatic carbocycles. The Balaban J connectivity index is 2.37. The standard InChI is InChI=1S/C10H8ClNO4/c11-9(14)8(13)6-12-10(15)16-7-4-2-1-3-5-7/h1-5H,6H2,(H,12,15). The van der Waals surface area contributed by atoms with Gasteiger partial charge in [0.05, 0.1) is 6.54 Å². The highest BCUT2D eigenvalue weighted by Crippen LogP contribution is 2.07. The molecule has 0 heterocycles. The van der Waals surface area contributed by atoms with E-state index in [2.05, 4.69) is 5.32 Å². The minimum Gasteiger partial charge on any atom is -0.410 e. The molecule has 84 valence electrons. The van der Waals surface area contributed by atoms with Crippen molar-refractivity contribution < 1.29 is 19.1 Å². The number of Topliss-reactive ketones (excluding diaryl/α,β-unsaturated/α-hetero) is 1. The van der Waals surface area contributed by atoms with E-state index in [9.17, 15) is 14.4 Å². The number of ketones is 1. The van der Waals surface area contributed by atoms with Gasteiger partial charge in [-0.1, -0.05) is 18.2 Å². The SMILES string of the molecule is O=C(NCC(=O)C(=O)Cl)Oc1ccccc1. The summed E-state index contributed by atoms with van der Waals surface area (Å²) in [6.07, 6.45) is -0.822. The summed E-state index contributed by atoms with van der Waals surface area (Å²) in [5, 5.41) is 0.971. The summed E-state index contributed by atoms with van der Waals surface area (Å²) in [5.74, 6) is -0.559. The van der Waals surface area contributed by atoms with Crippen LogP contribution >= 0.6 is 11.6 Å². The minimum absolute atomic E-state index is 0.338. The van der Waals surface area contributed by atoms with Gasteiger partial charge in [-0.25, -0.2) is 4.79 Å². The Kier molecular flexibility index (Phi) is 4.47. The van der Waals surface area contributed by atoms with Gasteiger partial charge in [-0.3, -0.25) is 9.59 Å². The summed E-state index contributed by atoms with van der Waals surface area (Å²) in [5.41, 5.74) is 0. The number of amides is 1. The molecule has 0 spiro atoms. The summed E-state index contributed by atoms with van der Waals surface area (Å²) in [6, 6.07) is 8.30. The lowest BCUT2D eigenvalue weighted by Gasteiger charge is -2.04. The lowest BCUT2D eigenvalue weighted by atomic mass is 10.3. The van der Waals surface area contributed by atoms with Crippen LogP contribution in [-0.4, -0.2) is 23.7 Å². The summed E-state index contributed by atoms with van der Waals surface area (Å²) in [6.45, 7) is -0.478. The number of halogens is 1. The number of nitrogens with one attached hydrogen (secondary N) is 1. The van der Waals surface area contributed by atoms with Crippen LogP contribution in [0.5, 0.6) is 5.75 Å². The molecule has 5 nitrogen and oxygen atoms in total. The normalized spacial score (nSPS) is 9.31. The van der Waals surface area contributed by atoms with Gasteiger partial charge in [-0.2, -0.15) is 0 Å². The number of carbonyl (C=O) groups is 3. The van der Waals surface area contributed by atoms with E-state index in [-0.39, 0.29) is 0 Å². The number of hydrogen-bond donors (Lipinski definition) is 1. The Labute approximate surface area is 96.3 Å². The first-order valence-corrected chi connectivity index (χ1v) is 4.71. The van der Waals surface area contributed by atoms with Gasteiger partial charge in [0.25, 0.3) is 5.24 Å². The zero-order valence-corrected chi connectivity index (χ0v) is 8.86. The third-order valence-corrected chi connectivity index (χ3v) is 1.78. The number of carbonyl (C=O) groups excluding carboxylic acids is 3. The second-order valence-electron chi connectivity index (χ2n) is 2.75. The second kappa shape index (κ2) is 5.87. The van der Waals surface area contributed by atoms with Crippen LogP contribution in [-0.2, 0) is 9.59 Å². The number of hydrogen-bond acceptors (Lipinski definition) is 4. The van der Waals surface area contributed by atoms with Gasteiger partial charge in [0.1, 0.15) is 5.75 Å². The van der Waals surface area contributed by atoms with Gasteiger partial charge in [-0.05, 0) is 23.7 Å². The maximum Gasteiger partial charge on any atom is 0.412 e. The molecule has 0 bridgehead atoms. The van der Waals surface area contributed by atoms with Crippen molar-refractivity contribution in [2.24, 2.45) is 0 Å². The lowest BCUT2D eigenvalue weighted by Crippen LogP contribution is -2.33. The van der Waals surface area contributed by atoms with Crippen LogP contribution in [0.25, 0.3) is 0 Å². The fourth-order valence-corrected chi connectivity index (χ4v) is 0.920. The fourth-order valence-electron chi connectivity index (χ4n) is 0.854. The van der Waals surface area contributed by atoms with Crippen molar-refractivity contribution in [3.8, 4) is 5.75 Å². The predicted molar refractivity (Wildman–Crippen MR) is 56.3 cm³/mol. The molecule has 1 aromatic rings. The number of rotatable bonds is 4. The first-order chi connectivity index (χ1) is 7.59. The van der Waals surface area contributed by atoms with Gasteiger partial charge >= 0.3 is 6.09 Å². The maximum absolute atomic E-state index is 11.1. The third kappa shape index (κ3) is 4.10. The highest BCUT2D eigenvalue weighted by atomic mass is 35.5. The molecule has 0 fully saturated rings. The first-order valence-electron chi connectivity index (χ1n) is 4.33. The van der Waals surface area contributed by atoms with Gasteiger partial charge in [0, 0.05) is 0 Å². The number of ether oxygens (including phenoxy) is 1. The highest BCUT2D eigenvalue weighted by Gasteiger charge is 2.12. The zero-order valence-electron chi connectivity index (χ0n) is 8.10. The molecule has 1 N–H and O–H groups in total. The molecule has 16 heavy (non-hydrogen) atoms. The second-order valence-corrected chi connectivity index (χ2v) is 3.10. The van der Waals surface area contributed by atoms with E-state index < -0.39 is 23.7 Å². The molecule has 1 aromatic carbocycles. The van der Waals surface area contributed by atoms with Gasteiger partial charge < -0.3 is 10.1 Å². The average molecular weight is 242 g/mol. The molecule has 0 atom stereocenters. The van der Waals surface area contributed by atoms with E-state index in [0.29, 0.717) is 5.75 Å². The van der Waals surface area contributed by atoms with E-state index in [1.54, 1.807) is 30.3 Å². The monoisotopic (exact) mass is 241 g/mol. The van der Waals surface area contributed by atoms with E-state index in [1.165, 1.54) is 0 Å². The van der Waals surface area contributed by atoms with Crippen LogP contribution in [0.4, 0.5) is 4.79 Å². The van der Waals surface area contributed by atoms with Gasteiger partial charge in [0.15, 0.2) is 0 Å². The average Bonchev–Trinajstić information content (AvgIpc) is 2.27. The fraction of sp³-hybridized carbons (Fsp3) is 0.100. The molecule has 0 aliphatic rings. The van der Waals surface area contributed by atoms with Gasteiger partial charge in [-0.15, -0.1) is 0 Å².